The van der Waals surface area contributed by atoms with Gasteiger partial charge in [0.2, 0.25) is 0 Å². The van der Waals surface area contributed by atoms with Crippen LogP contribution >= 0.6 is 0 Å². The van der Waals surface area contributed by atoms with Crippen molar-refractivity contribution < 1.29 is 9.59 Å². The first-order chi connectivity index (χ1) is 10.7. The van der Waals surface area contributed by atoms with Crippen LogP contribution in [0.2, 0.25) is 0 Å². The van der Waals surface area contributed by atoms with E-state index in [1.54, 1.807) is 15.6 Å². The molecule has 0 bridgehead atoms. The number of carbonyl (C=O) groups is 2. The summed E-state index contributed by atoms with van der Waals surface area (Å²) in [5, 5.41) is 12.1. The highest BCUT2D eigenvalue weighted by Crippen LogP contribution is 2.25. The van der Waals surface area contributed by atoms with Gasteiger partial charge in [-0.15, -0.1) is 0 Å². The maximum absolute atomic E-state index is 12.3. The SMILES string of the molecule is CNC(=O)Nc1cc2n(n1)CCN2C(=O)Nc1ccccc1. The highest BCUT2D eigenvalue weighted by Gasteiger charge is 2.27. The van der Waals surface area contributed by atoms with Gasteiger partial charge < -0.3 is 10.6 Å². The molecule has 0 radical (unpaired) electrons. The number of anilines is 3. The second-order valence-electron chi connectivity index (χ2n) is 4.76. The van der Waals surface area contributed by atoms with Crippen LogP contribution in [-0.4, -0.2) is 35.4 Å². The topological polar surface area (TPSA) is 91.3 Å². The third kappa shape index (κ3) is 2.71. The number of amides is 4. The summed E-state index contributed by atoms with van der Waals surface area (Å²) >= 11 is 0. The third-order valence-electron chi connectivity index (χ3n) is 3.31. The lowest BCUT2D eigenvalue weighted by molar-refractivity contribution is 0.253. The standard InChI is InChI=1S/C14H16N6O2/c1-15-13(21)17-11-9-12-19(7-8-20(12)18-11)14(22)16-10-5-3-2-4-6-10/h2-6,9H,7-8H2,1H3,(H,16,22)(H2,15,17,18,21). The fourth-order valence-corrected chi connectivity index (χ4v) is 2.26. The van der Waals surface area contributed by atoms with Gasteiger partial charge in [-0.1, -0.05) is 18.2 Å². The first kappa shape index (κ1) is 13.9. The molecule has 114 valence electrons. The van der Waals surface area contributed by atoms with Crippen molar-refractivity contribution in [2.75, 3.05) is 29.1 Å². The predicted molar refractivity (Wildman–Crippen MR) is 83.1 cm³/mol. The molecule has 0 unspecified atom stereocenters. The van der Waals surface area contributed by atoms with Crippen LogP contribution in [0.25, 0.3) is 0 Å². The minimum Gasteiger partial charge on any atom is -0.341 e. The monoisotopic (exact) mass is 300 g/mol. The van der Waals surface area contributed by atoms with E-state index in [4.69, 9.17) is 0 Å². The molecule has 1 aromatic carbocycles. The Bertz CT molecular complexity index is 697. The fraction of sp³-hybridized carbons (Fsp3) is 0.214. The van der Waals surface area contributed by atoms with Gasteiger partial charge in [-0.25, -0.2) is 14.3 Å². The van der Waals surface area contributed by atoms with Crippen molar-refractivity contribution >= 4 is 29.4 Å². The maximum atomic E-state index is 12.3. The van der Waals surface area contributed by atoms with Crippen LogP contribution in [0.5, 0.6) is 0 Å². The largest absolute Gasteiger partial charge is 0.341 e. The van der Waals surface area contributed by atoms with Gasteiger partial charge in [0.1, 0.15) is 5.82 Å². The number of para-hydroxylation sites is 1. The Morgan fingerprint density at radius 3 is 2.64 bits per heavy atom. The quantitative estimate of drug-likeness (QED) is 0.788. The molecule has 3 rings (SSSR count). The van der Waals surface area contributed by atoms with Crippen molar-refractivity contribution in [3.05, 3.63) is 36.4 Å². The van der Waals surface area contributed by atoms with Gasteiger partial charge in [-0.05, 0) is 12.1 Å². The smallest absolute Gasteiger partial charge is 0.327 e. The number of carbonyl (C=O) groups excluding carboxylic acids is 2. The fourth-order valence-electron chi connectivity index (χ4n) is 2.26. The molecule has 8 heteroatoms. The third-order valence-corrected chi connectivity index (χ3v) is 3.31. The molecular weight excluding hydrogens is 284 g/mol. The number of hydrogen-bond acceptors (Lipinski definition) is 3. The van der Waals surface area contributed by atoms with Crippen molar-refractivity contribution in [3.8, 4) is 0 Å². The van der Waals surface area contributed by atoms with Gasteiger partial charge in [-0.2, -0.15) is 5.10 Å². The molecule has 8 nitrogen and oxygen atoms in total. The average molecular weight is 300 g/mol. The minimum absolute atomic E-state index is 0.226. The van der Waals surface area contributed by atoms with Crippen molar-refractivity contribution in [3.63, 3.8) is 0 Å². The lowest BCUT2D eigenvalue weighted by Gasteiger charge is -2.15. The van der Waals surface area contributed by atoms with Crippen LogP contribution in [0.3, 0.4) is 0 Å². The van der Waals surface area contributed by atoms with Crippen LogP contribution < -0.4 is 20.9 Å². The predicted octanol–water partition coefficient (Wildman–Crippen LogP) is 1.69. The summed E-state index contributed by atoms with van der Waals surface area (Å²) in [6, 6.07) is 10.3. The number of fused-ring (bicyclic) bond motifs is 1. The van der Waals surface area contributed by atoms with E-state index in [2.05, 4.69) is 21.0 Å². The lowest BCUT2D eigenvalue weighted by atomic mass is 10.3. The second kappa shape index (κ2) is 5.76. The molecule has 4 amide bonds. The minimum atomic E-state index is -0.350. The summed E-state index contributed by atoms with van der Waals surface area (Å²) < 4.78 is 1.69. The molecule has 0 fully saturated rings. The van der Waals surface area contributed by atoms with E-state index in [1.807, 2.05) is 30.3 Å². The molecule has 0 spiro atoms. The molecule has 0 aliphatic carbocycles. The van der Waals surface area contributed by atoms with Gasteiger partial charge in [0.25, 0.3) is 0 Å². The summed E-state index contributed by atoms with van der Waals surface area (Å²) in [4.78, 5) is 25.2. The number of urea groups is 2. The van der Waals surface area contributed by atoms with Crippen molar-refractivity contribution in [2.45, 2.75) is 6.54 Å². The van der Waals surface area contributed by atoms with Crippen molar-refractivity contribution in [2.24, 2.45) is 0 Å². The van der Waals surface area contributed by atoms with Gasteiger partial charge >= 0.3 is 12.1 Å². The van der Waals surface area contributed by atoms with E-state index in [0.29, 0.717) is 24.7 Å². The average Bonchev–Trinajstić information content (AvgIpc) is 3.07. The zero-order chi connectivity index (χ0) is 15.5. The summed E-state index contributed by atoms with van der Waals surface area (Å²) in [5.41, 5.74) is 0.731. The maximum Gasteiger partial charge on any atom is 0.327 e. The second-order valence-corrected chi connectivity index (χ2v) is 4.76. The zero-order valence-electron chi connectivity index (χ0n) is 12.0. The normalized spacial score (nSPS) is 12.7. The van der Waals surface area contributed by atoms with E-state index >= 15 is 0 Å². The van der Waals surface area contributed by atoms with Crippen LogP contribution in [-0.2, 0) is 6.54 Å². The van der Waals surface area contributed by atoms with Gasteiger partial charge in [0, 0.05) is 25.3 Å². The van der Waals surface area contributed by atoms with Gasteiger partial charge in [0.15, 0.2) is 5.82 Å². The van der Waals surface area contributed by atoms with Crippen LogP contribution in [0.15, 0.2) is 36.4 Å². The molecular formula is C14H16N6O2. The number of aromatic nitrogens is 2. The van der Waals surface area contributed by atoms with E-state index < -0.39 is 0 Å². The number of rotatable bonds is 2. The molecule has 1 aromatic heterocycles. The molecule has 22 heavy (non-hydrogen) atoms. The number of benzene rings is 1. The Kier molecular flexibility index (Phi) is 3.65. The van der Waals surface area contributed by atoms with Gasteiger partial charge in [0.05, 0.1) is 6.54 Å². The Morgan fingerprint density at radius 2 is 1.91 bits per heavy atom. The summed E-state index contributed by atoms with van der Waals surface area (Å²) in [6.45, 7) is 1.13. The highest BCUT2D eigenvalue weighted by molar-refractivity contribution is 6.02. The van der Waals surface area contributed by atoms with Gasteiger partial charge in [-0.3, -0.25) is 10.2 Å². The number of nitrogens with zero attached hydrogens (tertiary/aromatic N) is 3. The first-order valence-corrected chi connectivity index (χ1v) is 6.87. The Balaban J connectivity index is 1.73. The van der Waals surface area contributed by atoms with Crippen LogP contribution in [0, 0.1) is 0 Å². The summed E-state index contributed by atoms with van der Waals surface area (Å²) in [5.74, 6) is 1.06. The van der Waals surface area contributed by atoms with E-state index in [-0.39, 0.29) is 12.1 Å². The molecule has 0 saturated heterocycles. The molecule has 1 aliphatic heterocycles. The molecule has 3 N–H and O–H groups in total. The van der Waals surface area contributed by atoms with Crippen LogP contribution in [0.4, 0.5) is 26.9 Å². The molecule has 2 aromatic rings. The van der Waals surface area contributed by atoms with Crippen molar-refractivity contribution in [1.29, 1.82) is 0 Å². The zero-order valence-corrected chi connectivity index (χ0v) is 12.0. The number of hydrogen-bond donors (Lipinski definition) is 3. The highest BCUT2D eigenvalue weighted by atomic mass is 16.2. The van der Waals surface area contributed by atoms with Crippen LogP contribution in [0.1, 0.15) is 0 Å². The molecule has 1 aliphatic rings. The Hall–Kier alpha value is -3.03. The van der Waals surface area contributed by atoms with E-state index in [1.165, 1.54) is 7.05 Å². The van der Waals surface area contributed by atoms with Crippen molar-refractivity contribution in [1.82, 2.24) is 15.1 Å². The first-order valence-electron chi connectivity index (χ1n) is 6.87. The lowest BCUT2D eigenvalue weighted by Crippen LogP contribution is -2.33. The Labute approximate surface area is 127 Å². The molecule has 0 atom stereocenters. The summed E-state index contributed by atoms with van der Waals surface area (Å²) in [6.07, 6.45) is 0. The molecule has 0 saturated carbocycles. The molecule has 2 heterocycles. The Morgan fingerprint density at radius 1 is 1.14 bits per heavy atom. The van der Waals surface area contributed by atoms with E-state index in [0.717, 1.165) is 5.69 Å². The van der Waals surface area contributed by atoms with E-state index in [9.17, 15) is 9.59 Å². The summed E-state index contributed by atoms with van der Waals surface area (Å²) in [7, 11) is 1.53. The number of nitrogens with one attached hydrogen (secondary N) is 3.